The Bertz CT molecular complexity index is 1140. The number of methoxy groups -OCH3 is 1. The number of benzene rings is 2. The van der Waals surface area contributed by atoms with Gasteiger partial charge in [0.15, 0.2) is 11.4 Å². The molecule has 0 bridgehead atoms. The van der Waals surface area contributed by atoms with Crippen LogP contribution in [0.1, 0.15) is 34.6 Å². The summed E-state index contributed by atoms with van der Waals surface area (Å²) in [6.45, 7) is 2.06. The van der Waals surface area contributed by atoms with Crippen molar-refractivity contribution in [1.82, 2.24) is 25.2 Å². The highest BCUT2D eigenvalue weighted by Gasteiger charge is 2.42. The highest BCUT2D eigenvalue weighted by molar-refractivity contribution is 5.93. The number of rotatable bonds is 6. The van der Waals surface area contributed by atoms with Crippen molar-refractivity contribution >= 4 is 5.91 Å². The first-order chi connectivity index (χ1) is 16.2. The number of likely N-dealkylation sites (tertiary alicyclic amines) is 1. The lowest BCUT2D eigenvalue weighted by atomic mass is 10.0. The van der Waals surface area contributed by atoms with Crippen LogP contribution in [-0.2, 0) is 12.7 Å². The first kappa shape index (κ1) is 23.7. The van der Waals surface area contributed by atoms with Crippen LogP contribution < -0.4 is 10.1 Å². The van der Waals surface area contributed by atoms with Crippen molar-refractivity contribution in [2.45, 2.75) is 31.6 Å². The van der Waals surface area contributed by atoms with E-state index >= 15 is 0 Å². The average molecular weight is 477 g/mol. The average Bonchev–Trinajstić information content (AvgIpc) is 3.27. The van der Waals surface area contributed by atoms with E-state index in [4.69, 9.17) is 4.74 Å². The molecular weight excluding hydrogens is 454 g/mol. The summed E-state index contributed by atoms with van der Waals surface area (Å²) in [6.07, 6.45) is -3.71. The van der Waals surface area contributed by atoms with Gasteiger partial charge in [0.2, 0.25) is 0 Å². The van der Waals surface area contributed by atoms with Crippen molar-refractivity contribution in [2.24, 2.45) is 0 Å². The minimum Gasteiger partial charge on any atom is -0.497 e. The number of nitrogens with one attached hydrogen (secondary N) is 1. The molecule has 1 N–H and O–H groups in total. The topological polar surface area (TPSA) is 72.3 Å². The Kier molecular flexibility index (Phi) is 6.82. The summed E-state index contributed by atoms with van der Waals surface area (Å²) in [4.78, 5) is 14.9. The van der Waals surface area contributed by atoms with Crippen molar-refractivity contribution in [1.29, 1.82) is 0 Å². The summed E-state index contributed by atoms with van der Waals surface area (Å²) in [7, 11) is 1.61. The summed E-state index contributed by atoms with van der Waals surface area (Å²) >= 11 is 0. The van der Waals surface area contributed by atoms with Crippen molar-refractivity contribution in [2.75, 3.05) is 20.2 Å². The molecule has 0 saturated carbocycles. The van der Waals surface area contributed by atoms with Crippen LogP contribution in [0.3, 0.4) is 0 Å². The van der Waals surface area contributed by atoms with E-state index in [2.05, 4.69) is 20.5 Å². The van der Waals surface area contributed by atoms with Gasteiger partial charge in [0.25, 0.3) is 5.91 Å². The smallest absolute Gasteiger partial charge is 0.435 e. The second kappa shape index (κ2) is 9.80. The second-order valence-electron chi connectivity index (χ2n) is 8.05. The zero-order valence-electron chi connectivity index (χ0n) is 18.3. The van der Waals surface area contributed by atoms with Gasteiger partial charge in [-0.2, -0.15) is 13.2 Å². The zero-order valence-corrected chi connectivity index (χ0v) is 18.3. The van der Waals surface area contributed by atoms with Crippen LogP contribution >= 0.6 is 0 Å². The van der Waals surface area contributed by atoms with Gasteiger partial charge in [-0.05, 0) is 54.8 Å². The number of alkyl halides is 3. The molecule has 1 saturated heterocycles. The zero-order chi connectivity index (χ0) is 24.3. The molecule has 2 heterocycles. The Morgan fingerprint density at radius 1 is 1.15 bits per heavy atom. The van der Waals surface area contributed by atoms with E-state index in [1.54, 1.807) is 7.11 Å². The normalized spacial score (nSPS) is 15.3. The maximum Gasteiger partial charge on any atom is 0.435 e. The molecule has 1 amide bonds. The number of hydrogen-bond donors (Lipinski definition) is 1. The van der Waals surface area contributed by atoms with E-state index in [9.17, 15) is 22.4 Å². The number of amides is 1. The van der Waals surface area contributed by atoms with Gasteiger partial charge < -0.3 is 10.1 Å². The predicted octanol–water partition coefficient (Wildman–Crippen LogP) is 3.83. The third-order valence-corrected chi connectivity index (χ3v) is 5.69. The molecule has 0 atom stereocenters. The minimum atomic E-state index is -4.88. The maximum atomic E-state index is 13.8. The quantitative estimate of drug-likeness (QED) is 0.547. The summed E-state index contributed by atoms with van der Waals surface area (Å²) < 4.78 is 60.3. The molecule has 0 spiro atoms. The molecule has 1 aliphatic rings. The number of carbonyl (C=O) groups is 1. The van der Waals surface area contributed by atoms with Gasteiger partial charge in [0.1, 0.15) is 11.6 Å². The van der Waals surface area contributed by atoms with Crippen LogP contribution in [0.15, 0.2) is 48.5 Å². The van der Waals surface area contributed by atoms with E-state index in [0.29, 0.717) is 37.2 Å². The summed E-state index contributed by atoms with van der Waals surface area (Å²) in [6, 6.07) is 11.7. The van der Waals surface area contributed by atoms with E-state index < -0.39 is 29.3 Å². The molecular formula is C23H23F4N5O2. The van der Waals surface area contributed by atoms with Gasteiger partial charge in [-0.25, -0.2) is 9.07 Å². The fourth-order valence-corrected chi connectivity index (χ4v) is 3.97. The van der Waals surface area contributed by atoms with Gasteiger partial charge in [0, 0.05) is 25.7 Å². The van der Waals surface area contributed by atoms with Crippen LogP contribution in [0.25, 0.3) is 5.69 Å². The Labute approximate surface area is 193 Å². The molecule has 7 nitrogen and oxygen atoms in total. The molecule has 0 radical (unpaired) electrons. The summed E-state index contributed by atoms with van der Waals surface area (Å²) in [5.41, 5.74) is -1.07. The van der Waals surface area contributed by atoms with Crippen molar-refractivity contribution in [3.8, 4) is 11.4 Å². The molecule has 0 unspecified atom stereocenters. The number of carbonyl (C=O) groups excluding carboxylic acids is 1. The second-order valence-corrected chi connectivity index (χ2v) is 8.05. The fourth-order valence-electron chi connectivity index (χ4n) is 3.97. The number of aromatic nitrogens is 3. The third-order valence-electron chi connectivity index (χ3n) is 5.69. The molecule has 4 rings (SSSR count). The van der Waals surface area contributed by atoms with E-state index in [1.165, 1.54) is 0 Å². The van der Waals surface area contributed by atoms with E-state index in [-0.39, 0.29) is 11.7 Å². The Balaban J connectivity index is 1.42. The Hall–Kier alpha value is -3.47. The standard InChI is InChI=1S/C23H23F4N5O2/c1-34-19-4-2-3-15(13-19)14-31-11-9-17(10-12-31)28-22(33)20-21(23(25,26)27)32(30-29-20)18-7-5-16(24)6-8-18/h2-8,13,17H,9-12,14H2,1H3,(H,28,33). The van der Waals surface area contributed by atoms with Crippen molar-refractivity contribution in [3.05, 3.63) is 71.3 Å². The predicted molar refractivity (Wildman–Crippen MR) is 115 cm³/mol. The molecule has 1 aromatic heterocycles. The monoisotopic (exact) mass is 477 g/mol. The van der Waals surface area contributed by atoms with Crippen LogP contribution in [0, 0.1) is 5.82 Å². The first-order valence-electron chi connectivity index (χ1n) is 10.7. The molecule has 0 aliphatic carbocycles. The number of piperidine rings is 1. The molecule has 1 fully saturated rings. The van der Waals surface area contributed by atoms with Crippen molar-refractivity contribution < 1.29 is 27.1 Å². The molecule has 34 heavy (non-hydrogen) atoms. The highest BCUT2D eigenvalue weighted by atomic mass is 19.4. The largest absolute Gasteiger partial charge is 0.497 e. The number of hydrogen-bond acceptors (Lipinski definition) is 5. The van der Waals surface area contributed by atoms with Gasteiger partial charge in [0.05, 0.1) is 12.8 Å². The SMILES string of the molecule is COc1cccc(CN2CCC(NC(=O)c3nnn(-c4ccc(F)cc4)c3C(F)(F)F)CC2)c1. The van der Waals surface area contributed by atoms with Crippen LogP contribution in [0.2, 0.25) is 0 Å². The maximum absolute atomic E-state index is 13.8. The van der Waals surface area contributed by atoms with Gasteiger partial charge >= 0.3 is 6.18 Å². The summed E-state index contributed by atoms with van der Waals surface area (Å²) in [5.74, 6) is -0.770. The highest BCUT2D eigenvalue weighted by Crippen LogP contribution is 2.33. The third kappa shape index (κ3) is 5.36. The molecule has 3 aromatic rings. The Morgan fingerprint density at radius 2 is 1.85 bits per heavy atom. The molecule has 1 aliphatic heterocycles. The van der Waals surface area contributed by atoms with Crippen LogP contribution in [0.5, 0.6) is 5.75 Å². The van der Waals surface area contributed by atoms with E-state index in [1.807, 2.05) is 24.3 Å². The van der Waals surface area contributed by atoms with Gasteiger partial charge in [-0.3, -0.25) is 9.69 Å². The number of halogens is 4. The van der Waals surface area contributed by atoms with E-state index in [0.717, 1.165) is 35.6 Å². The molecule has 180 valence electrons. The van der Waals surface area contributed by atoms with Crippen LogP contribution in [0.4, 0.5) is 17.6 Å². The van der Waals surface area contributed by atoms with Crippen molar-refractivity contribution in [3.63, 3.8) is 0 Å². The summed E-state index contributed by atoms with van der Waals surface area (Å²) in [5, 5.41) is 9.68. The number of nitrogens with zero attached hydrogens (tertiary/aromatic N) is 4. The lowest BCUT2D eigenvalue weighted by Crippen LogP contribution is -2.44. The fraction of sp³-hybridized carbons (Fsp3) is 0.348. The Morgan fingerprint density at radius 3 is 2.50 bits per heavy atom. The van der Waals surface area contributed by atoms with Crippen LogP contribution in [-0.4, -0.2) is 52.0 Å². The minimum absolute atomic E-state index is 0.0499. The lowest BCUT2D eigenvalue weighted by molar-refractivity contribution is -0.143. The molecule has 2 aromatic carbocycles. The lowest BCUT2D eigenvalue weighted by Gasteiger charge is -2.32. The first-order valence-corrected chi connectivity index (χ1v) is 10.7. The number of ether oxygens (including phenoxy) is 1. The van der Waals surface area contributed by atoms with Gasteiger partial charge in [-0.15, -0.1) is 5.10 Å². The van der Waals surface area contributed by atoms with Gasteiger partial charge in [-0.1, -0.05) is 17.3 Å². The molecule has 11 heteroatoms.